The first-order valence-electron chi connectivity index (χ1n) is 7.40. The Labute approximate surface area is 134 Å². The van der Waals surface area contributed by atoms with Gasteiger partial charge in [-0.3, -0.25) is 9.69 Å². The maximum Gasteiger partial charge on any atom is 0.310 e. The second-order valence-corrected chi connectivity index (χ2v) is 6.72. The summed E-state index contributed by atoms with van der Waals surface area (Å²) in [4.78, 5) is 18.1. The van der Waals surface area contributed by atoms with Gasteiger partial charge in [-0.1, -0.05) is 29.8 Å². The molecule has 1 saturated heterocycles. The topological polar surface area (TPSA) is 53.4 Å². The minimum Gasteiger partial charge on any atom is -0.481 e. The molecule has 1 fully saturated rings. The SMILES string of the molecule is Cc1c(Cl)c(CN2CCC(C)(C(=O)O)C2)nc2ccccc12. The maximum absolute atomic E-state index is 11.3. The molecular weight excluding hydrogens is 300 g/mol. The van der Waals surface area contributed by atoms with Gasteiger partial charge in [0.1, 0.15) is 0 Å². The zero-order chi connectivity index (χ0) is 15.9. The number of hydrogen-bond acceptors (Lipinski definition) is 3. The lowest BCUT2D eigenvalue weighted by atomic mass is 9.90. The molecule has 2 aromatic rings. The van der Waals surface area contributed by atoms with Crippen molar-refractivity contribution in [1.29, 1.82) is 0 Å². The zero-order valence-electron chi connectivity index (χ0n) is 12.8. The van der Waals surface area contributed by atoms with Crippen LogP contribution in [0, 0.1) is 12.3 Å². The molecular formula is C17H19ClN2O2. The van der Waals surface area contributed by atoms with Gasteiger partial charge in [-0.25, -0.2) is 4.98 Å². The molecule has 1 aromatic carbocycles. The van der Waals surface area contributed by atoms with Crippen molar-refractivity contribution in [2.75, 3.05) is 13.1 Å². The predicted molar refractivity (Wildman–Crippen MR) is 87.1 cm³/mol. The lowest BCUT2D eigenvalue weighted by Gasteiger charge is -2.20. The number of pyridine rings is 1. The number of benzene rings is 1. The number of halogens is 1. The lowest BCUT2D eigenvalue weighted by Crippen LogP contribution is -2.31. The fourth-order valence-corrected chi connectivity index (χ4v) is 3.30. The summed E-state index contributed by atoms with van der Waals surface area (Å²) >= 11 is 6.48. The Balaban J connectivity index is 1.89. The van der Waals surface area contributed by atoms with E-state index in [1.54, 1.807) is 6.92 Å². The number of fused-ring (bicyclic) bond motifs is 1. The number of hydrogen-bond donors (Lipinski definition) is 1. The number of aliphatic carboxylic acids is 1. The summed E-state index contributed by atoms with van der Waals surface area (Å²) in [7, 11) is 0. The Hall–Kier alpha value is -1.65. The highest BCUT2D eigenvalue weighted by Crippen LogP contribution is 2.33. The molecule has 0 radical (unpaired) electrons. The van der Waals surface area contributed by atoms with Crippen molar-refractivity contribution < 1.29 is 9.90 Å². The van der Waals surface area contributed by atoms with Gasteiger partial charge in [0.25, 0.3) is 0 Å². The first-order valence-corrected chi connectivity index (χ1v) is 7.78. The molecule has 1 atom stereocenters. The van der Waals surface area contributed by atoms with Crippen molar-refractivity contribution in [2.45, 2.75) is 26.8 Å². The Morgan fingerprint density at radius 1 is 1.45 bits per heavy atom. The first-order chi connectivity index (χ1) is 10.4. The number of carboxylic acid groups (broad SMARTS) is 1. The van der Waals surface area contributed by atoms with Gasteiger partial charge in [0.2, 0.25) is 0 Å². The average molecular weight is 319 g/mol. The van der Waals surface area contributed by atoms with Gasteiger partial charge in [-0.15, -0.1) is 0 Å². The summed E-state index contributed by atoms with van der Waals surface area (Å²) in [5.41, 5.74) is 2.12. The smallest absolute Gasteiger partial charge is 0.310 e. The summed E-state index contributed by atoms with van der Waals surface area (Å²) in [6.45, 7) is 5.68. The van der Waals surface area contributed by atoms with Crippen LogP contribution in [0.5, 0.6) is 0 Å². The Bertz CT molecular complexity index is 747. The Morgan fingerprint density at radius 3 is 2.86 bits per heavy atom. The predicted octanol–water partition coefficient (Wildman–Crippen LogP) is 3.49. The van der Waals surface area contributed by atoms with Gasteiger partial charge in [0.05, 0.1) is 21.6 Å². The van der Waals surface area contributed by atoms with E-state index >= 15 is 0 Å². The third-order valence-electron chi connectivity index (χ3n) is 4.59. The van der Waals surface area contributed by atoms with E-state index in [4.69, 9.17) is 11.6 Å². The van der Waals surface area contributed by atoms with Gasteiger partial charge >= 0.3 is 5.97 Å². The summed E-state index contributed by atoms with van der Waals surface area (Å²) in [6.07, 6.45) is 0.659. The summed E-state index contributed by atoms with van der Waals surface area (Å²) in [5, 5.41) is 11.1. The van der Waals surface area contributed by atoms with E-state index in [-0.39, 0.29) is 0 Å². The van der Waals surface area contributed by atoms with Crippen LogP contribution in [0.2, 0.25) is 5.02 Å². The minimum atomic E-state index is -0.733. The van der Waals surface area contributed by atoms with Gasteiger partial charge in [0, 0.05) is 18.5 Å². The maximum atomic E-state index is 11.3. The lowest BCUT2D eigenvalue weighted by molar-refractivity contribution is -0.147. The standard InChI is InChI=1S/C17H19ClN2O2/c1-11-12-5-3-4-6-13(12)19-14(15(11)18)9-20-8-7-17(2,10-20)16(21)22/h3-6H,7-10H2,1-2H3,(H,21,22). The number of nitrogens with zero attached hydrogens (tertiary/aromatic N) is 2. The summed E-state index contributed by atoms with van der Waals surface area (Å²) in [5.74, 6) is -0.733. The zero-order valence-corrected chi connectivity index (χ0v) is 13.5. The van der Waals surface area contributed by atoms with Crippen LogP contribution in [0.4, 0.5) is 0 Å². The molecule has 116 valence electrons. The second kappa shape index (κ2) is 5.52. The Morgan fingerprint density at radius 2 is 2.18 bits per heavy atom. The van der Waals surface area contributed by atoms with Crippen molar-refractivity contribution in [2.24, 2.45) is 5.41 Å². The van der Waals surface area contributed by atoms with Crippen LogP contribution in [0.15, 0.2) is 24.3 Å². The van der Waals surface area contributed by atoms with Crippen LogP contribution in [-0.4, -0.2) is 34.0 Å². The number of aryl methyl sites for hydroxylation is 1. The molecule has 2 heterocycles. The highest BCUT2D eigenvalue weighted by atomic mass is 35.5. The van der Waals surface area contributed by atoms with Crippen molar-refractivity contribution in [3.05, 3.63) is 40.5 Å². The molecule has 1 aromatic heterocycles. The van der Waals surface area contributed by atoms with Crippen LogP contribution in [0.3, 0.4) is 0 Å². The van der Waals surface area contributed by atoms with E-state index in [9.17, 15) is 9.90 Å². The normalized spacial score (nSPS) is 22.3. The van der Waals surface area contributed by atoms with E-state index in [2.05, 4.69) is 9.88 Å². The minimum absolute atomic E-state index is 0.534. The number of likely N-dealkylation sites (tertiary alicyclic amines) is 1. The molecule has 0 bridgehead atoms. The molecule has 1 aliphatic rings. The van der Waals surface area contributed by atoms with Crippen LogP contribution >= 0.6 is 11.6 Å². The molecule has 0 spiro atoms. The average Bonchev–Trinajstić information content (AvgIpc) is 2.87. The van der Waals surface area contributed by atoms with E-state index in [0.29, 0.717) is 24.5 Å². The molecule has 0 amide bonds. The van der Waals surface area contributed by atoms with Crippen molar-refractivity contribution in [3.8, 4) is 0 Å². The summed E-state index contributed by atoms with van der Waals surface area (Å²) < 4.78 is 0. The number of carbonyl (C=O) groups is 1. The van der Waals surface area contributed by atoms with Gasteiger partial charge < -0.3 is 5.11 Å². The molecule has 0 aliphatic carbocycles. The van der Waals surface area contributed by atoms with E-state index in [1.165, 1.54) is 0 Å². The van der Waals surface area contributed by atoms with Crippen LogP contribution in [-0.2, 0) is 11.3 Å². The quantitative estimate of drug-likeness (QED) is 0.941. The number of para-hydroxylation sites is 1. The molecule has 3 rings (SSSR count). The van der Waals surface area contributed by atoms with Gasteiger partial charge in [-0.2, -0.15) is 0 Å². The number of carboxylic acids is 1. The van der Waals surface area contributed by atoms with Crippen molar-refractivity contribution in [3.63, 3.8) is 0 Å². The Kier molecular flexibility index (Phi) is 3.83. The molecule has 4 nitrogen and oxygen atoms in total. The van der Waals surface area contributed by atoms with E-state index in [0.717, 1.165) is 28.7 Å². The molecule has 0 saturated carbocycles. The van der Waals surface area contributed by atoms with Crippen LogP contribution in [0.1, 0.15) is 24.6 Å². The third kappa shape index (κ3) is 2.57. The van der Waals surface area contributed by atoms with Gasteiger partial charge in [-0.05, 0) is 38.4 Å². The van der Waals surface area contributed by atoms with Crippen molar-refractivity contribution >= 4 is 28.5 Å². The monoisotopic (exact) mass is 318 g/mol. The summed E-state index contributed by atoms with van der Waals surface area (Å²) in [6, 6.07) is 7.94. The largest absolute Gasteiger partial charge is 0.481 e. The molecule has 5 heteroatoms. The molecule has 1 aliphatic heterocycles. The molecule has 1 unspecified atom stereocenters. The van der Waals surface area contributed by atoms with E-state index in [1.807, 2.05) is 31.2 Å². The fraction of sp³-hybridized carbons (Fsp3) is 0.412. The highest BCUT2D eigenvalue weighted by molar-refractivity contribution is 6.32. The van der Waals surface area contributed by atoms with E-state index < -0.39 is 11.4 Å². The van der Waals surface area contributed by atoms with Crippen molar-refractivity contribution in [1.82, 2.24) is 9.88 Å². The molecule has 1 N–H and O–H groups in total. The second-order valence-electron chi connectivity index (χ2n) is 6.34. The highest BCUT2D eigenvalue weighted by Gasteiger charge is 2.40. The van der Waals surface area contributed by atoms with Gasteiger partial charge in [0.15, 0.2) is 0 Å². The molecule has 22 heavy (non-hydrogen) atoms. The van der Waals surface area contributed by atoms with Crippen LogP contribution in [0.25, 0.3) is 10.9 Å². The number of rotatable bonds is 3. The first kappa shape index (κ1) is 15.3. The van der Waals surface area contributed by atoms with Crippen LogP contribution < -0.4 is 0 Å². The number of aromatic nitrogens is 1. The third-order valence-corrected chi connectivity index (χ3v) is 5.09. The fourth-order valence-electron chi connectivity index (χ4n) is 3.10.